The van der Waals surface area contributed by atoms with Crippen molar-refractivity contribution in [2.45, 2.75) is 19.3 Å². The predicted octanol–water partition coefficient (Wildman–Crippen LogP) is 2.76. The molecule has 0 fully saturated rings. The van der Waals surface area contributed by atoms with E-state index in [1.807, 2.05) is 24.3 Å². The molecule has 0 unspecified atom stereocenters. The van der Waals surface area contributed by atoms with Crippen LogP contribution in [0.5, 0.6) is 5.75 Å². The smallest absolute Gasteiger partial charge is 0.142 e. The second-order valence-corrected chi connectivity index (χ2v) is 3.58. The number of anilines is 1. The van der Waals surface area contributed by atoms with E-state index >= 15 is 0 Å². The molecule has 0 aliphatic heterocycles. The molecule has 74 valence electrons. The Morgan fingerprint density at radius 3 is 2.86 bits per heavy atom. The molecule has 0 atom stereocenters. The van der Waals surface area contributed by atoms with Crippen molar-refractivity contribution in [1.29, 1.82) is 0 Å². The maximum Gasteiger partial charge on any atom is 0.142 e. The molecule has 0 spiro atoms. The Kier molecular flexibility index (Phi) is 2.73. The summed E-state index contributed by atoms with van der Waals surface area (Å²) in [5, 5.41) is 0. The summed E-state index contributed by atoms with van der Waals surface area (Å²) in [5.41, 5.74) is 7.87. The van der Waals surface area contributed by atoms with Crippen molar-refractivity contribution in [3.8, 4) is 5.75 Å². The Hall–Kier alpha value is -1.44. The highest BCUT2D eigenvalue weighted by Gasteiger charge is 2.05. The fraction of sp³-hybridized carbons (Fsp3) is 0.333. The topological polar surface area (TPSA) is 35.2 Å². The van der Waals surface area contributed by atoms with Crippen LogP contribution in [0.1, 0.15) is 19.3 Å². The Labute approximate surface area is 84.4 Å². The average molecular weight is 189 g/mol. The van der Waals surface area contributed by atoms with E-state index in [0.29, 0.717) is 12.3 Å². The highest BCUT2D eigenvalue weighted by molar-refractivity contribution is 5.51. The van der Waals surface area contributed by atoms with Gasteiger partial charge in [-0.05, 0) is 37.0 Å². The molecule has 1 aromatic carbocycles. The van der Waals surface area contributed by atoms with Crippen LogP contribution in [0, 0.1) is 0 Å². The zero-order valence-electron chi connectivity index (χ0n) is 8.20. The fourth-order valence-corrected chi connectivity index (χ4v) is 1.65. The number of nitrogens with two attached hydrogens (primary N) is 1. The van der Waals surface area contributed by atoms with Gasteiger partial charge in [0.15, 0.2) is 0 Å². The lowest BCUT2D eigenvalue weighted by atomic mass is 10.2. The number of hydrogen-bond donors (Lipinski definition) is 1. The molecule has 1 aromatic rings. The van der Waals surface area contributed by atoms with Gasteiger partial charge in [-0.25, -0.2) is 0 Å². The van der Waals surface area contributed by atoms with Crippen LogP contribution >= 0.6 is 0 Å². The molecule has 0 heterocycles. The monoisotopic (exact) mass is 189 g/mol. The molecule has 0 bridgehead atoms. The van der Waals surface area contributed by atoms with Crippen molar-refractivity contribution in [2.75, 3.05) is 12.3 Å². The molecule has 0 amide bonds. The van der Waals surface area contributed by atoms with Crippen LogP contribution in [0.4, 0.5) is 5.69 Å². The number of benzene rings is 1. The van der Waals surface area contributed by atoms with Crippen LogP contribution in [0.3, 0.4) is 0 Å². The van der Waals surface area contributed by atoms with Crippen molar-refractivity contribution in [3.63, 3.8) is 0 Å². The Morgan fingerprint density at radius 1 is 1.29 bits per heavy atom. The van der Waals surface area contributed by atoms with Crippen LogP contribution in [0.2, 0.25) is 0 Å². The van der Waals surface area contributed by atoms with Crippen molar-refractivity contribution in [3.05, 3.63) is 35.9 Å². The van der Waals surface area contributed by atoms with E-state index < -0.39 is 0 Å². The maximum atomic E-state index is 5.76. The first-order valence-corrected chi connectivity index (χ1v) is 5.01. The van der Waals surface area contributed by atoms with Crippen LogP contribution in [-0.2, 0) is 0 Å². The lowest BCUT2D eigenvalue weighted by Gasteiger charge is -2.08. The van der Waals surface area contributed by atoms with Gasteiger partial charge in [-0.1, -0.05) is 18.2 Å². The second-order valence-electron chi connectivity index (χ2n) is 3.58. The Balaban J connectivity index is 1.94. The Bertz CT molecular complexity index is 344. The molecular weight excluding hydrogens is 174 g/mol. The third-order valence-corrected chi connectivity index (χ3v) is 2.47. The molecular formula is C12H15NO. The number of nitrogen functional groups attached to an aromatic ring is 1. The van der Waals surface area contributed by atoms with Crippen LogP contribution in [0.15, 0.2) is 35.9 Å². The molecule has 1 aliphatic carbocycles. The van der Waals surface area contributed by atoms with Gasteiger partial charge in [0.25, 0.3) is 0 Å². The molecule has 0 aromatic heterocycles. The SMILES string of the molecule is Nc1ccccc1OCC1=CCCC1. The van der Waals surface area contributed by atoms with Gasteiger partial charge in [0.1, 0.15) is 12.4 Å². The van der Waals surface area contributed by atoms with Crippen molar-refractivity contribution < 1.29 is 4.74 Å². The molecule has 2 heteroatoms. The molecule has 14 heavy (non-hydrogen) atoms. The standard InChI is InChI=1S/C12H15NO/c13-11-7-3-4-8-12(11)14-9-10-5-1-2-6-10/h3-5,7-8H,1-2,6,9,13H2. The van der Waals surface area contributed by atoms with E-state index in [0.717, 1.165) is 5.75 Å². The summed E-state index contributed by atoms with van der Waals surface area (Å²) in [5.74, 6) is 0.792. The zero-order chi connectivity index (χ0) is 9.80. The molecule has 0 radical (unpaired) electrons. The lowest BCUT2D eigenvalue weighted by Crippen LogP contribution is -2.01. The number of rotatable bonds is 3. The largest absolute Gasteiger partial charge is 0.487 e. The number of hydrogen-bond acceptors (Lipinski definition) is 2. The van der Waals surface area contributed by atoms with Crippen LogP contribution < -0.4 is 10.5 Å². The summed E-state index contributed by atoms with van der Waals surface area (Å²) in [6.45, 7) is 0.689. The second kappa shape index (κ2) is 4.18. The van der Waals surface area contributed by atoms with E-state index in [1.165, 1.54) is 24.8 Å². The lowest BCUT2D eigenvalue weighted by molar-refractivity contribution is 0.351. The van der Waals surface area contributed by atoms with E-state index in [4.69, 9.17) is 10.5 Å². The molecule has 2 N–H and O–H groups in total. The molecule has 1 aliphatic rings. The summed E-state index contributed by atoms with van der Waals surface area (Å²) in [6.07, 6.45) is 5.90. The van der Waals surface area contributed by atoms with Gasteiger partial charge in [-0.15, -0.1) is 0 Å². The van der Waals surface area contributed by atoms with Crippen molar-refractivity contribution in [2.24, 2.45) is 0 Å². The normalized spacial score (nSPS) is 15.3. The van der Waals surface area contributed by atoms with Crippen LogP contribution in [0.25, 0.3) is 0 Å². The predicted molar refractivity (Wildman–Crippen MR) is 58.3 cm³/mol. The minimum Gasteiger partial charge on any atom is -0.487 e. The highest BCUT2D eigenvalue weighted by atomic mass is 16.5. The summed E-state index contributed by atoms with van der Waals surface area (Å²) in [4.78, 5) is 0. The maximum absolute atomic E-state index is 5.76. The summed E-state index contributed by atoms with van der Waals surface area (Å²) < 4.78 is 5.63. The van der Waals surface area contributed by atoms with Crippen molar-refractivity contribution >= 4 is 5.69 Å². The summed E-state index contributed by atoms with van der Waals surface area (Å²) in [7, 11) is 0. The summed E-state index contributed by atoms with van der Waals surface area (Å²) in [6, 6.07) is 7.62. The molecule has 0 saturated heterocycles. The number of para-hydroxylation sites is 2. The van der Waals surface area contributed by atoms with E-state index in [9.17, 15) is 0 Å². The van der Waals surface area contributed by atoms with Crippen LogP contribution in [-0.4, -0.2) is 6.61 Å². The van der Waals surface area contributed by atoms with Gasteiger partial charge in [0, 0.05) is 0 Å². The molecule has 2 nitrogen and oxygen atoms in total. The van der Waals surface area contributed by atoms with E-state index in [2.05, 4.69) is 6.08 Å². The summed E-state index contributed by atoms with van der Waals surface area (Å²) >= 11 is 0. The first kappa shape index (κ1) is 9.13. The van der Waals surface area contributed by atoms with Crippen molar-refractivity contribution in [1.82, 2.24) is 0 Å². The third-order valence-electron chi connectivity index (χ3n) is 2.47. The van der Waals surface area contributed by atoms with Gasteiger partial charge in [-0.2, -0.15) is 0 Å². The zero-order valence-corrected chi connectivity index (χ0v) is 8.20. The first-order chi connectivity index (χ1) is 6.86. The minimum atomic E-state index is 0.689. The molecule has 0 saturated carbocycles. The molecule has 2 rings (SSSR count). The Morgan fingerprint density at radius 2 is 2.14 bits per heavy atom. The van der Waals surface area contributed by atoms with Gasteiger partial charge in [0.2, 0.25) is 0 Å². The van der Waals surface area contributed by atoms with Gasteiger partial charge >= 0.3 is 0 Å². The quantitative estimate of drug-likeness (QED) is 0.586. The number of allylic oxidation sites excluding steroid dienone is 1. The van der Waals surface area contributed by atoms with Gasteiger partial charge < -0.3 is 10.5 Å². The minimum absolute atomic E-state index is 0.689. The fourth-order valence-electron chi connectivity index (χ4n) is 1.65. The van der Waals surface area contributed by atoms with Gasteiger partial charge in [-0.3, -0.25) is 0 Å². The van der Waals surface area contributed by atoms with E-state index in [1.54, 1.807) is 0 Å². The average Bonchev–Trinajstić information content (AvgIpc) is 2.69. The third kappa shape index (κ3) is 2.08. The number of ether oxygens (including phenoxy) is 1. The van der Waals surface area contributed by atoms with Gasteiger partial charge in [0.05, 0.1) is 5.69 Å². The van der Waals surface area contributed by atoms with E-state index in [-0.39, 0.29) is 0 Å². The highest BCUT2D eigenvalue weighted by Crippen LogP contribution is 2.23. The first-order valence-electron chi connectivity index (χ1n) is 5.01.